The molecule has 1 atom stereocenters. The zero-order chi connectivity index (χ0) is 14.7. The predicted molar refractivity (Wildman–Crippen MR) is 88.5 cm³/mol. The molecular weight excluding hydrogens is 339 g/mol. The SMILES string of the molecule is CC(Nc1ccc(C(N)=S)cc1Br)c1ccc(F)cc1. The lowest BCUT2D eigenvalue weighted by molar-refractivity contribution is 0.626. The Kier molecular flexibility index (Phi) is 4.73. The van der Waals surface area contributed by atoms with E-state index in [0.717, 1.165) is 21.3 Å². The second kappa shape index (κ2) is 6.33. The summed E-state index contributed by atoms with van der Waals surface area (Å²) >= 11 is 8.43. The summed E-state index contributed by atoms with van der Waals surface area (Å²) in [6, 6.07) is 12.2. The highest BCUT2D eigenvalue weighted by Crippen LogP contribution is 2.27. The molecule has 3 N–H and O–H groups in total. The highest BCUT2D eigenvalue weighted by molar-refractivity contribution is 9.10. The molecule has 0 heterocycles. The van der Waals surface area contributed by atoms with Gasteiger partial charge in [0.1, 0.15) is 10.8 Å². The van der Waals surface area contributed by atoms with Gasteiger partial charge in [-0.1, -0.05) is 24.4 Å². The van der Waals surface area contributed by atoms with E-state index in [1.807, 2.05) is 25.1 Å². The first-order valence-corrected chi connectivity index (χ1v) is 7.29. The molecule has 0 amide bonds. The number of hydrogen-bond acceptors (Lipinski definition) is 2. The fraction of sp³-hybridized carbons (Fsp3) is 0.133. The minimum atomic E-state index is -0.233. The summed E-state index contributed by atoms with van der Waals surface area (Å²) in [6.45, 7) is 2.02. The summed E-state index contributed by atoms with van der Waals surface area (Å²) in [5, 5.41) is 3.36. The number of nitrogens with two attached hydrogens (primary N) is 1. The van der Waals surface area contributed by atoms with Crippen LogP contribution in [0, 0.1) is 5.82 Å². The standard InChI is InChI=1S/C15H14BrFN2S/c1-9(10-2-5-12(17)6-3-10)19-14-7-4-11(15(18)20)8-13(14)16/h2-9,19H,1H3,(H2,18,20). The van der Waals surface area contributed by atoms with E-state index in [4.69, 9.17) is 18.0 Å². The largest absolute Gasteiger partial charge is 0.389 e. The fourth-order valence-electron chi connectivity index (χ4n) is 1.85. The summed E-state index contributed by atoms with van der Waals surface area (Å²) in [6.07, 6.45) is 0. The van der Waals surface area contributed by atoms with Gasteiger partial charge in [-0.3, -0.25) is 0 Å². The van der Waals surface area contributed by atoms with Gasteiger partial charge in [0.25, 0.3) is 0 Å². The molecule has 0 aromatic heterocycles. The average molecular weight is 353 g/mol. The van der Waals surface area contributed by atoms with Gasteiger partial charge in [-0.2, -0.15) is 0 Å². The third-order valence-electron chi connectivity index (χ3n) is 3.00. The van der Waals surface area contributed by atoms with Crippen LogP contribution in [0.15, 0.2) is 46.9 Å². The molecule has 2 aromatic rings. The Labute approximate surface area is 131 Å². The molecule has 2 nitrogen and oxygen atoms in total. The molecule has 1 unspecified atom stereocenters. The van der Waals surface area contributed by atoms with E-state index < -0.39 is 0 Å². The van der Waals surface area contributed by atoms with Gasteiger partial charge in [-0.25, -0.2) is 4.39 Å². The van der Waals surface area contributed by atoms with Gasteiger partial charge in [0, 0.05) is 21.8 Å². The maximum Gasteiger partial charge on any atom is 0.123 e. The Morgan fingerprint density at radius 3 is 2.45 bits per heavy atom. The van der Waals surface area contributed by atoms with Crippen molar-refractivity contribution in [3.05, 3.63) is 63.9 Å². The van der Waals surface area contributed by atoms with E-state index in [-0.39, 0.29) is 11.9 Å². The van der Waals surface area contributed by atoms with Gasteiger partial charge in [0.05, 0.1) is 0 Å². The molecule has 0 aliphatic heterocycles. The molecule has 2 aromatic carbocycles. The molecule has 0 saturated carbocycles. The maximum atomic E-state index is 12.9. The molecule has 0 saturated heterocycles. The van der Waals surface area contributed by atoms with Crippen LogP contribution in [0.3, 0.4) is 0 Å². The van der Waals surface area contributed by atoms with Crippen LogP contribution in [0.4, 0.5) is 10.1 Å². The Bertz CT molecular complexity index is 628. The third-order valence-corrected chi connectivity index (χ3v) is 3.89. The molecule has 0 bridgehead atoms. The second-order valence-corrected chi connectivity index (χ2v) is 5.77. The average Bonchev–Trinajstić information content (AvgIpc) is 2.41. The molecule has 2 rings (SSSR count). The van der Waals surface area contributed by atoms with E-state index in [9.17, 15) is 4.39 Å². The zero-order valence-electron chi connectivity index (χ0n) is 10.9. The van der Waals surface area contributed by atoms with Gasteiger partial charge in [0.15, 0.2) is 0 Å². The Balaban J connectivity index is 2.17. The third kappa shape index (κ3) is 3.55. The van der Waals surface area contributed by atoms with E-state index in [0.29, 0.717) is 4.99 Å². The minimum absolute atomic E-state index is 0.0579. The molecular formula is C15H14BrFN2S. The first kappa shape index (κ1) is 14.9. The quantitative estimate of drug-likeness (QED) is 0.801. The van der Waals surface area contributed by atoms with Gasteiger partial charge in [0.2, 0.25) is 0 Å². The van der Waals surface area contributed by atoms with Gasteiger partial charge in [-0.15, -0.1) is 0 Å². The second-order valence-electron chi connectivity index (χ2n) is 4.48. The van der Waals surface area contributed by atoms with Crippen molar-refractivity contribution >= 4 is 38.8 Å². The number of benzene rings is 2. The van der Waals surface area contributed by atoms with Crippen molar-refractivity contribution in [1.29, 1.82) is 0 Å². The molecule has 0 radical (unpaired) electrons. The number of hydrogen-bond donors (Lipinski definition) is 2. The van der Waals surface area contributed by atoms with Crippen LogP contribution in [-0.4, -0.2) is 4.99 Å². The highest BCUT2D eigenvalue weighted by atomic mass is 79.9. The number of halogens is 2. The number of anilines is 1. The van der Waals surface area contributed by atoms with Crippen LogP contribution >= 0.6 is 28.1 Å². The summed E-state index contributed by atoms with van der Waals surface area (Å²) in [7, 11) is 0. The van der Waals surface area contributed by atoms with Crippen LogP contribution in [0.25, 0.3) is 0 Å². The van der Waals surface area contributed by atoms with Crippen molar-refractivity contribution in [3.63, 3.8) is 0 Å². The molecule has 104 valence electrons. The number of nitrogens with one attached hydrogen (secondary N) is 1. The van der Waals surface area contributed by atoms with Crippen LogP contribution in [0.1, 0.15) is 24.1 Å². The Morgan fingerprint density at radius 1 is 1.25 bits per heavy atom. The first-order valence-electron chi connectivity index (χ1n) is 6.08. The van der Waals surface area contributed by atoms with Crippen molar-refractivity contribution in [2.75, 3.05) is 5.32 Å². The predicted octanol–water partition coefficient (Wildman–Crippen LogP) is 4.40. The van der Waals surface area contributed by atoms with Crippen LogP contribution < -0.4 is 11.1 Å². The molecule has 20 heavy (non-hydrogen) atoms. The van der Waals surface area contributed by atoms with Crippen molar-refractivity contribution in [1.82, 2.24) is 0 Å². The highest BCUT2D eigenvalue weighted by Gasteiger charge is 2.09. The van der Waals surface area contributed by atoms with Crippen molar-refractivity contribution in [2.45, 2.75) is 13.0 Å². The summed E-state index contributed by atoms with van der Waals surface area (Å²) in [5.74, 6) is -0.233. The lowest BCUT2D eigenvalue weighted by atomic mass is 10.1. The van der Waals surface area contributed by atoms with Gasteiger partial charge in [-0.05, 0) is 58.7 Å². The van der Waals surface area contributed by atoms with Crippen molar-refractivity contribution < 1.29 is 4.39 Å². The number of thiocarbonyl (C=S) groups is 1. The van der Waals surface area contributed by atoms with Gasteiger partial charge < -0.3 is 11.1 Å². The maximum absolute atomic E-state index is 12.9. The normalized spacial score (nSPS) is 11.9. The molecule has 0 spiro atoms. The molecule has 0 aliphatic carbocycles. The lowest BCUT2D eigenvalue weighted by Gasteiger charge is -2.17. The summed E-state index contributed by atoms with van der Waals surface area (Å²) in [4.78, 5) is 0.365. The topological polar surface area (TPSA) is 38.0 Å². The van der Waals surface area contributed by atoms with Crippen LogP contribution in [-0.2, 0) is 0 Å². The Morgan fingerprint density at radius 2 is 1.90 bits per heavy atom. The summed E-state index contributed by atoms with van der Waals surface area (Å²) < 4.78 is 13.8. The lowest BCUT2D eigenvalue weighted by Crippen LogP contribution is -2.11. The minimum Gasteiger partial charge on any atom is -0.389 e. The Hall–Kier alpha value is -1.46. The first-order chi connectivity index (χ1) is 9.47. The van der Waals surface area contributed by atoms with Crippen molar-refractivity contribution in [2.24, 2.45) is 5.73 Å². The summed E-state index contributed by atoms with van der Waals surface area (Å²) in [5.41, 5.74) is 8.35. The molecule has 5 heteroatoms. The van der Waals surface area contributed by atoms with Crippen LogP contribution in [0.5, 0.6) is 0 Å². The number of rotatable bonds is 4. The van der Waals surface area contributed by atoms with E-state index >= 15 is 0 Å². The van der Waals surface area contributed by atoms with E-state index in [1.54, 1.807) is 12.1 Å². The smallest absolute Gasteiger partial charge is 0.123 e. The molecule has 0 aliphatic rings. The van der Waals surface area contributed by atoms with E-state index in [1.165, 1.54) is 12.1 Å². The zero-order valence-corrected chi connectivity index (χ0v) is 13.3. The van der Waals surface area contributed by atoms with Crippen molar-refractivity contribution in [3.8, 4) is 0 Å². The monoisotopic (exact) mass is 352 g/mol. The van der Waals surface area contributed by atoms with E-state index in [2.05, 4.69) is 21.2 Å². The molecule has 0 fully saturated rings. The van der Waals surface area contributed by atoms with Crippen LogP contribution in [0.2, 0.25) is 0 Å². The van der Waals surface area contributed by atoms with Gasteiger partial charge >= 0.3 is 0 Å². The fourth-order valence-corrected chi connectivity index (χ4v) is 2.47.